The van der Waals surface area contributed by atoms with Crippen LogP contribution in [0.4, 0.5) is 0 Å². The number of ether oxygens (including phenoxy) is 1. The Morgan fingerprint density at radius 3 is 2.44 bits per heavy atom. The van der Waals surface area contributed by atoms with E-state index in [9.17, 15) is 4.79 Å². The second kappa shape index (κ2) is 8.79. The van der Waals surface area contributed by atoms with Gasteiger partial charge < -0.3 is 15.8 Å². The van der Waals surface area contributed by atoms with Crippen LogP contribution in [-0.4, -0.2) is 49.2 Å². The van der Waals surface area contributed by atoms with Gasteiger partial charge in [-0.3, -0.25) is 9.69 Å². The molecule has 1 aromatic rings. The van der Waals surface area contributed by atoms with Crippen molar-refractivity contribution in [2.75, 3.05) is 26.3 Å². The fraction of sp³-hybridized carbons (Fsp3) is 0.650. The van der Waals surface area contributed by atoms with Crippen LogP contribution < -0.4 is 11.1 Å². The van der Waals surface area contributed by atoms with E-state index in [0.717, 1.165) is 52.0 Å². The average molecular weight is 345 g/mol. The lowest BCUT2D eigenvalue weighted by Crippen LogP contribution is -2.52. The van der Waals surface area contributed by atoms with Crippen molar-refractivity contribution in [2.24, 2.45) is 11.7 Å². The molecule has 138 valence electrons. The van der Waals surface area contributed by atoms with Gasteiger partial charge >= 0.3 is 0 Å². The third-order valence-corrected chi connectivity index (χ3v) is 5.78. The molecule has 0 spiro atoms. The molecule has 2 aliphatic heterocycles. The molecule has 2 fully saturated rings. The van der Waals surface area contributed by atoms with Crippen LogP contribution in [-0.2, 0) is 9.53 Å². The van der Waals surface area contributed by atoms with Gasteiger partial charge in [-0.25, -0.2) is 0 Å². The van der Waals surface area contributed by atoms with E-state index in [0.29, 0.717) is 6.04 Å². The minimum Gasteiger partial charge on any atom is -0.381 e. The van der Waals surface area contributed by atoms with Crippen LogP contribution >= 0.6 is 0 Å². The van der Waals surface area contributed by atoms with Gasteiger partial charge in [0.1, 0.15) is 0 Å². The minimum atomic E-state index is -0.398. The van der Waals surface area contributed by atoms with E-state index in [4.69, 9.17) is 10.5 Å². The first-order valence-corrected chi connectivity index (χ1v) is 9.58. The molecule has 0 aromatic heterocycles. The third-order valence-electron chi connectivity index (χ3n) is 5.78. The highest BCUT2D eigenvalue weighted by Gasteiger charge is 2.29. The molecule has 2 atom stereocenters. The van der Waals surface area contributed by atoms with Crippen molar-refractivity contribution in [1.29, 1.82) is 0 Å². The summed E-state index contributed by atoms with van der Waals surface area (Å²) in [6.45, 7) is 5.72. The number of likely N-dealkylation sites (tertiary alicyclic amines) is 1. The number of hydrogen-bond donors (Lipinski definition) is 2. The number of hydrogen-bond acceptors (Lipinski definition) is 4. The van der Waals surface area contributed by atoms with Gasteiger partial charge in [0.15, 0.2) is 0 Å². The summed E-state index contributed by atoms with van der Waals surface area (Å²) in [6.07, 6.45) is 3.76. The van der Waals surface area contributed by atoms with Crippen LogP contribution in [0.15, 0.2) is 30.3 Å². The molecule has 1 amide bonds. The standard InChI is InChI=1S/C20H31N3O2/c1-15(16-5-3-2-4-6-16)23-11-7-18(8-12-23)22-20(24)19(21)17-9-13-25-14-10-17/h2-6,15,17-19H,7-14,21H2,1H3,(H,22,24). The Morgan fingerprint density at radius 2 is 1.80 bits per heavy atom. The number of carbonyl (C=O) groups excluding carboxylic acids is 1. The number of nitrogens with zero attached hydrogens (tertiary/aromatic N) is 1. The van der Waals surface area contributed by atoms with Crippen LogP contribution in [0.1, 0.15) is 44.2 Å². The molecule has 25 heavy (non-hydrogen) atoms. The van der Waals surface area contributed by atoms with E-state index < -0.39 is 6.04 Å². The quantitative estimate of drug-likeness (QED) is 0.857. The number of rotatable bonds is 5. The predicted molar refractivity (Wildman–Crippen MR) is 99.1 cm³/mol. The summed E-state index contributed by atoms with van der Waals surface area (Å²) in [4.78, 5) is 15.0. The maximum atomic E-state index is 12.5. The van der Waals surface area contributed by atoms with E-state index in [1.807, 2.05) is 0 Å². The maximum absolute atomic E-state index is 12.5. The summed E-state index contributed by atoms with van der Waals surface area (Å²) in [5, 5.41) is 3.18. The highest BCUT2D eigenvalue weighted by molar-refractivity contribution is 5.82. The molecular formula is C20H31N3O2. The number of amides is 1. The Bertz CT molecular complexity index is 537. The first kappa shape index (κ1) is 18.4. The molecule has 0 radical (unpaired) electrons. The summed E-state index contributed by atoms with van der Waals surface area (Å²) in [5.41, 5.74) is 7.54. The fourth-order valence-corrected chi connectivity index (χ4v) is 3.96. The van der Waals surface area contributed by atoms with Crippen molar-refractivity contribution in [3.63, 3.8) is 0 Å². The Hall–Kier alpha value is -1.43. The summed E-state index contributed by atoms with van der Waals surface area (Å²) >= 11 is 0. The number of benzene rings is 1. The van der Waals surface area contributed by atoms with Gasteiger partial charge in [-0.15, -0.1) is 0 Å². The molecule has 0 aliphatic carbocycles. The highest BCUT2D eigenvalue weighted by atomic mass is 16.5. The van der Waals surface area contributed by atoms with E-state index in [1.54, 1.807) is 0 Å². The first-order chi connectivity index (χ1) is 12.1. The normalized spacial score (nSPS) is 23.1. The molecule has 3 N–H and O–H groups in total. The lowest BCUT2D eigenvalue weighted by molar-refractivity contribution is -0.125. The van der Waals surface area contributed by atoms with E-state index in [1.165, 1.54) is 5.56 Å². The van der Waals surface area contributed by atoms with Crippen molar-refractivity contribution in [3.05, 3.63) is 35.9 Å². The maximum Gasteiger partial charge on any atom is 0.237 e. The minimum absolute atomic E-state index is 0.0152. The third kappa shape index (κ3) is 4.81. The fourth-order valence-electron chi connectivity index (χ4n) is 3.96. The largest absolute Gasteiger partial charge is 0.381 e. The molecule has 5 heteroatoms. The van der Waals surface area contributed by atoms with Gasteiger partial charge in [0.25, 0.3) is 0 Å². The van der Waals surface area contributed by atoms with E-state index in [2.05, 4.69) is 47.5 Å². The van der Waals surface area contributed by atoms with E-state index >= 15 is 0 Å². The molecule has 3 rings (SSSR count). The Labute approximate surface area is 150 Å². The Morgan fingerprint density at radius 1 is 1.16 bits per heavy atom. The Balaban J connectivity index is 1.45. The lowest BCUT2D eigenvalue weighted by Gasteiger charge is -2.37. The second-order valence-corrected chi connectivity index (χ2v) is 7.38. The summed E-state index contributed by atoms with van der Waals surface area (Å²) in [5.74, 6) is 0.272. The SMILES string of the molecule is CC(c1ccccc1)N1CCC(NC(=O)C(N)C2CCOCC2)CC1. The van der Waals surface area contributed by atoms with Crippen molar-refractivity contribution >= 4 is 5.91 Å². The number of piperidine rings is 1. The first-order valence-electron chi connectivity index (χ1n) is 9.58. The number of nitrogens with two attached hydrogens (primary N) is 1. The van der Waals surface area contributed by atoms with Crippen molar-refractivity contribution in [1.82, 2.24) is 10.2 Å². The van der Waals surface area contributed by atoms with Crippen LogP contribution in [0.3, 0.4) is 0 Å². The molecular weight excluding hydrogens is 314 g/mol. The Kier molecular flexibility index (Phi) is 6.45. The molecule has 0 bridgehead atoms. The second-order valence-electron chi connectivity index (χ2n) is 7.38. The summed E-state index contributed by atoms with van der Waals surface area (Å²) in [7, 11) is 0. The van der Waals surface area contributed by atoms with Gasteiger partial charge in [0.05, 0.1) is 6.04 Å². The molecule has 0 saturated carbocycles. The summed E-state index contributed by atoms with van der Waals surface area (Å²) in [6, 6.07) is 10.9. The molecule has 2 saturated heterocycles. The molecule has 2 unspecified atom stereocenters. The smallest absolute Gasteiger partial charge is 0.237 e. The highest BCUT2D eigenvalue weighted by Crippen LogP contribution is 2.24. The van der Waals surface area contributed by atoms with Gasteiger partial charge in [-0.05, 0) is 44.1 Å². The predicted octanol–water partition coefficient (Wildman–Crippen LogP) is 2.08. The molecule has 5 nitrogen and oxygen atoms in total. The van der Waals surface area contributed by atoms with Gasteiger partial charge in [-0.2, -0.15) is 0 Å². The number of carbonyl (C=O) groups is 1. The van der Waals surface area contributed by atoms with E-state index in [-0.39, 0.29) is 17.9 Å². The zero-order chi connectivity index (χ0) is 17.6. The zero-order valence-electron chi connectivity index (χ0n) is 15.2. The lowest BCUT2D eigenvalue weighted by atomic mass is 9.91. The topological polar surface area (TPSA) is 67.6 Å². The molecule has 1 aromatic carbocycles. The van der Waals surface area contributed by atoms with Gasteiger partial charge in [-0.1, -0.05) is 30.3 Å². The van der Waals surface area contributed by atoms with Gasteiger partial charge in [0.2, 0.25) is 5.91 Å². The van der Waals surface area contributed by atoms with Crippen molar-refractivity contribution in [2.45, 2.75) is 50.7 Å². The monoisotopic (exact) mass is 345 g/mol. The van der Waals surface area contributed by atoms with Gasteiger partial charge in [0, 0.05) is 38.4 Å². The average Bonchev–Trinajstić information content (AvgIpc) is 2.68. The van der Waals surface area contributed by atoms with Crippen molar-refractivity contribution in [3.8, 4) is 0 Å². The van der Waals surface area contributed by atoms with Crippen LogP contribution in [0.25, 0.3) is 0 Å². The molecule has 2 aliphatic rings. The zero-order valence-corrected chi connectivity index (χ0v) is 15.2. The molecule has 2 heterocycles. The van der Waals surface area contributed by atoms with Crippen LogP contribution in [0.5, 0.6) is 0 Å². The van der Waals surface area contributed by atoms with Crippen molar-refractivity contribution < 1.29 is 9.53 Å². The summed E-state index contributed by atoms with van der Waals surface area (Å²) < 4.78 is 5.36. The van der Waals surface area contributed by atoms with Crippen LogP contribution in [0, 0.1) is 5.92 Å². The number of nitrogens with one attached hydrogen (secondary N) is 1. The van der Waals surface area contributed by atoms with Crippen LogP contribution in [0.2, 0.25) is 0 Å².